The molecule has 108 valence electrons. The summed E-state index contributed by atoms with van der Waals surface area (Å²) in [6, 6.07) is 1.34. The molecule has 1 atom stereocenters. The summed E-state index contributed by atoms with van der Waals surface area (Å²) in [6.07, 6.45) is 5.02. The first-order chi connectivity index (χ1) is 9.10. The van der Waals surface area contributed by atoms with Gasteiger partial charge in [-0.25, -0.2) is 13.2 Å². The van der Waals surface area contributed by atoms with Crippen molar-refractivity contribution in [1.82, 2.24) is 5.32 Å². The summed E-state index contributed by atoms with van der Waals surface area (Å²) in [4.78, 5) is 0. The van der Waals surface area contributed by atoms with Crippen LogP contribution < -0.4 is 5.32 Å². The number of benzene rings is 1. The SMILES string of the molecule is CCCCCCC(NCC)c1cc(F)c(F)cc1F. The highest BCUT2D eigenvalue weighted by molar-refractivity contribution is 5.23. The largest absolute Gasteiger partial charge is 0.310 e. The molecule has 19 heavy (non-hydrogen) atoms. The molecule has 0 radical (unpaired) electrons. The quantitative estimate of drug-likeness (QED) is 0.533. The van der Waals surface area contributed by atoms with Gasteiger partial charge in [0.25, 0.3) is 0 Å². The molecule has 0 aliphatic rings. The van der Waals surface area contributed by atoms with Gasteiger partial charge in [-0.3, -0.25) is 0 Å². The molecule has 0 aliphatic carbocycles. The van der Waals surface area contributed by atoms with Gasteiger partial charge in [-0.1, -0.05) is 39.5 Å². The Morgan fingerprint density at radius 3 is 2.26 bits per heavy atom. The summed E-state index contributed by atoms with van der Waals surface area (Å²) < 4.78 is 39.9. The molecule has 0 heterocycles. The Bertz CT molecular complexity index is 393. The van der Waals surface area contributed by atoms with E-state index in [2.05, 4.69) is 12.2 Å². The molecule has 1 aromatic carbocycles. The molecule has 0 amide bonds. The van der Waals surface area contributed by atoms with Gasteiger partial charge in [-0.05, 0) is 19.0 Å². The first kappa shape index (κ1) is 16.0. The molecule has 0 fully saturated rings. The highest BCUT2D eigenvalue weighted by Gasteiger charge is 2.17. The molecule has 1 rings (SSSR count). The van der Waals surface area contributed by atoms with Gasteiger partial charge in [0.05, 0.1) is 0 Å². The van der Waals surface area contributed by atoms with Gasteiger partial charge < -0.3 is 5.32 Å². The van der Waals surface area contributed by atoms with E-state index in [0.29, 0.717) is 12.6 Å². The zero-order valence-electron chi connectivity index (χ0n) is 11.6. The maximum Gasteiger partial charge on any atom is 0.161 e. The Morgan fingerprint density at radius 1 is 0.947 bits per heavy atom. The minimum Gasteiger partial charge on any atom is -0.310 e. The van der Waals surface area contributed by atoms with Gasteiger partial charge in [0.2, 0.25) is 0 Å². The van der Waals surface area contributed by atoms with Crippen LogP contribution in [-0.4, -0.2) is 6.54 Å². The van der Waals surface area contributed by atoms with Crippen molar-refractivity contribution in [3.63, 3.8) is 0 Å². The summed E-state index contributed by atoms with van der Waals surface area (Å²) in [5, 5.41) is 3.13. The van der Waals surface area contributed by atoms with Crippen LogP contribution in [0.15, 0.2) is 12.1 Å². The lowest BCUT2D eigenvalue weighted by molar-refractivity contribution is 0.443. The lowest BCUT2D eigenvalue weighted by atomic mass is 9.99. The third-order valence-corrected chi connectivity index (χ3v) is 3.21. The minimum absolute atomic E-state index is 0.220. The molecule has 1 aromatic rings. The second kappa shape index (κ2) is 8.20. The molecule has 0 aromatic heterocycles. The Labute approximate surface area is 113 Å². The predicted octanol–water partition coefficient (Wildman–Crippen LogP) is 4.72. The standard InChI is InChI=1S/C15H22F3N/c1-3-5-6-7-8-15(19-4-2)11-9-13(17)14(18)10-12(11)16/h9-10,15,19H,3-8H2,1-2H3. The monoisotopic (exact) mass is 273 g/mol. The summed E-state index contributed by atoms with van der Waals surface area (Å²) >= 11 is 0. The fourth-order valence-electron chi connectivity index (χ4n) is 2.19. The molecule has 0 saturated carbocycles. The molecule has 1 N–H and O–H groups in total. The predicted molar refractivity (Wildman–Crippen MR) is 71.5 cm³/mol. The average molecular weight is 273 g/mol. The summed E-state index contributed by atoms with van der Waals surface area (Å²) in [5.41, 5.74) is 0.220. The number of rotatable bonds is 8. The second-order valence-electron chi connectivity index (χ2n) is 4.75. The molecular weight excluding hydrogens is 251 g/mol. The number of hydrogen-bond acceptors (Lipinski definition) is 1. The number of hydrogen-bond donors (Lipinski definition) is 1. The smallest absolute Gasteiger partial charge is 0.161 e. The van der Waals surface area contributed by atoms with Gasteiger partial charge in [0.1, 0.15) is 5.82 Å². The Balaban J connectivity index is 2.77. The molecule has 0 bridgehead atoms. The molecule has 0 saturated heterocycles. The van der Waals surface area contributed by atoms with Crippen molar-refractivity contribution in [3.8, 4) is 0 Å². The average Bonchev–Trinajstić information content (AvgIpc) is 2.38. The normalized spacial score (nSPS) is 12.7. The third-order valence-electron chi connectivity index (χ3n) is 3.21. The Hall–Kier alpha value is -1.03. The molecule has 4 heteroatoms. The van der Waals surface area contributed by atoms with Gasteiger partial charge in [0, 0.05) is 17.7 Å². The summed E-state index contributed by atoms with van der Waals surface area (Å²) in [6.45, 7) is 4.70. The van der Waals surface area contributed by atoms with Gasteiger partial charge in [0.15, 0.2) is 11.6 Å². The highest BCUT2D eigenvalue weighted by Crippen LogP contribution is 2.25. The fourth-order valence-corrected chi connectivity index (χ4v) is 2.19. The van der Waals surface area contributed by atoms with E-state index in [0.717, 1.165) is 38.2 Å². The van der Waals surface area contributed by atoms with Crippen molar-refractivity contribution in [2.75, 3.05) is 6.54 Å². The Morgan fingerprint density at radius 2 is 1.63 bits per heavy atom. The zero-order chi connectivity index (χ0) is 14.3. The number of halogens is 3. The third kappa shape index (κ3) is 4.86. The molecule has 1 unspecified atom stereocenters. The summed E-state index contributed by atoms with van der Waals surface area (Å²) in [7, 11) is 0. The van der Waals surface area contributed by atoms with E-state index in [9.17, 15) is 13.2 Å². The van der Waals surface area contributed by atoms with Crippen molar-refractivity contribution >= 4 is 0 Å². The lowest BCUT2D eigenvalue weighted by Crippen LogP contribution is -2.22. The zero-order valence-corrected chi connectivity index (χ0v) is 11.6. The van der Waals surface area contributed by atoms with Crippen LogP contribution >= 0.6 is 0 Å². The van der Waals surface area contributed by atoms with Crippen LogP contribution in [0.3, 0.4) is 0 Å². The minimum atomic E-state index is -1.14. The molecular formula is C15H22F3N. The number of nitrogens with one attached hydrogen (secondary N) is 1. The van der Waals surface area contributed by atoms with Crippen molar-refractivity contribution in [1.29, 1.82) is 0 Å². The highest BCUT2D eigenvalue weighted by atomic mass is 19.2. The topological polar surface area (TPSA) is 12.0 Å². The molecule has 1 nitrogen and oxygen atoms in total. The van der Waals surface area contributed by atoms with E-state index in [4.69, 9.17) is 0 Å². The van der Waals surface area contributed by atoms with Gasteiger partial charge in [-0.2, -0.15) is 0 Å². The van der Waals surface area contributed by atoms with Gasteiger partial charge in [-0.15, -0.1) is 0 Å². The van der Waals surface area contributed by atoms with Crippen molar-refractivity contribution < 1.29 is 13.2 Å². The van der Waals surface area contributed by atoms with Crippen LogP contribution in [0, 0.1) is 17.5 Å². The van der Waals surface area contributed by atoms with Crippen LogP contribution in [0.5, 0.6) is 0 Å². The maximum absolute atomic E-state index is 13.7. The molecule has 0 spiro atoms. The van der Waals surface area contributed by atoms with E-state index in [1.165, 1.54) is 0 Å². The van der Waals surface area contributed by atoms with Crippen molar-refractivity contribution in [2.24, 2.45) is 0 Å². The van der Waals surface area contributed by atoms with Crippen molar-refractivity contribution in [3.05, 3.63) is 35.1 Å². The van der Waals surface area contributed by atoms with E-state index in [1.54, 1.807) is 0 Å². The first-order valence-corrected chi connectivity index (χ1v) is 6.98. The lowest BCUT2D eigenvalue weighted by Gasteiger charge is -2.19. The van der Waals surface area contributed by atoms with Gasteiger partial charge >= 0.3 is 0 Å². The van der Waals surface area contributed by atoms with Crippen LogP contribution in [0.2, 0.25) is 0 Å². The van der Waals surface area contributed by atoms with Crippen LogP contribution in [0.25, 0.3) is 0 Å². The first-order valence-electron chi connectivity index (χ1n) is 6.98. The van der Waals surface area contributed by atoms with E-state index >= 15 is 0 Å². The van der Waals surface area contributed by atoms with E-state index < -0.39 is 17.5 Å². The van der Waals surface area contributed by atoms with Crippen molar-refractivity contribution in [2.45, 2.75) is 52.0 Å². The second-order valence-corrected chi connectivity index (χ2v) is 4.75. The van der Waals surface area contributed by atoms with Crippen LogP contribution in [0.1, 0.15) is 57.6 Å². The summed E-state index contributed by atoms with van der Waals surface area (Å²) in [5.74, 6) is -2.81. The maximum atomic E-state index is 13.7. The van der Waals surface area contributed by atoms with Crippen LogP contribution in [-0.2, 0) is 0 Å². The van der Waals surface area contributed by atoms with Crippen LogP contribution in [0.4, 0.5) is 13.2 Å². The molecule has 0 aliphatic heterocycles. The Kier molecular flexibility index (Phi) is 6.92. The number of unbranched alkanes of at least 4 members (excludes halogenated alkanes) is 3. The fraction of sp³-hybridized carbons (Fsp3) is 0.600. The van der Waals surface area contributed by atoms with E-state index in [-0.39, 0.29) is 11.6 Å². The van der Waals surface area contributed by atoms with E-state index in [1.807, 2.05) is 6.92 Å².